The smallest absolute Gasteiger partial charge is 0.295 e. The Balaban J connectivity index is 3.79. The van der Waals surface area contributed by atoms with Gasteiger partial charge in [-0.25, -0.2) is 0 Å². The normalized spacial score (nSPS) is 11.3. The van der Waals surface area contributed by atoms with Crippen LogP contribution in [-0.2, 0) is 4.79 Å². The van der Waals surface area contributed by atoms with Gasteiger partial charge in [0, 0.05) is 0 Å². The molecule has 0 bridgehead atoms. The molecule has 5 heteroatoms. The Morgan fingerprint density at radius 2 is 1.86 bits per heavy atom. The number of rotatable bonds is 1. The predicted molar refractivity (Wildman–Crippen MR) is 25.9 cm³/mol. The first kappa shape index (κ1) is 7.01. The predicted octanol–water partition coefficient (Wildman–Crippen LogP) is -0.405. The molecule has 0 radical (unpaired) electrons. The highest BCUT2D eigenvalue weighted by Crippen LogP contribution is 2.13. The van der Waals surface area contributed by atoms with Crippen molar-refractivity contribution in [1.29, 1.82) is 0 Å². The van der Waals surface area contributed by atoms with Crippen molar-refractivity contribution >= 4 is 29.1 Å². The third kappa shape index (κ3) is 2.68. The van der Waals surface area contributed by atoms with Crippen LogP contribution in [0.15, 0.2) is 0 Å². The lowest BCUT2D eigenvalue weighted by Crippen LogP contribution is -2.32. The molecule has 0 aliphatic carbocycles. The summed E-state index contributed by atoms with van der Waals surface area (Å²) in [5.74, 6) is -1.17. The molecule has 42 valence electrons. The number of aliphatic hydroxyl groups is 1. The van der Waals surface area contributed by atoms with E-state index < -0.39 is 10.4 Å². The Labute approximate surface area is 50.0 Å². The Bertz CT molecular complexity index is 86.2. The van der Waals surface area contributed by atoms with Gasteiger partial charge in [0.2, 0.25) is 0 Å². The van der Waals surface area contributed by atoms with Crippen LogP contribution in [0.4, 0.5) is 0 Å². The van der Waals surface area contributed by atoms with Gasteiger partial charge in [0.25, 0.3) is 10.4 Å². The molecule has 0 unspecified atom stereocenters. The number of primary amides is 1. The zero-order chi connectivity index (χ0) is 6.08. The molecule has 0 fully saturated rings. The first-order valence-electron chi connectivity index (χ1n) is 1.34. The first-order chi connectivity index (χ1) is 2.94. The summed E-state index contributed by atoms with van der Waals surface area (Å²) in [5, 5.41) is 8.15. The summed E-state index contributed by atoms with van der Waals surface area (Å²) in [7, 11) is 0. The molecule has 3 nitrogen and oxygen atoms in total. The fraction of sp³-hybridized carbons (Fsp3) is 0.500. The number of carbonyl (C=O) groups excluding carboxylic acids is 1. The number of alkyl halides is 2. The minimum absolute atomic E-state index is 1.17. The van der Waals surface area contributed by atoms with Gasteiger partial charge in [-0.3, -0.25) is 4.79 Å². The van der Waals surface area contributed by atoms with E-state index in [4.69, 9.17) is 28.3 Å². The summed E-state index contributed by atoms with van der Waals surface area (Å²) >= 11 is 9.43. The van der Waals surface area contributed by atoms with Crippen molar-refractivity contribution in [3.8, 4) is 0 Å². The molecule has 0 aromatic rings. The van der Waals surface area contributed by atoms with Crippen LogP contribution in [0.1, 0.15) is 0 Å². The van der Waals surface area contributed by atoms with Gasteiger partial charge in [0.05, 0.1) is 0 Å². The van der Waals surface area contributed by atoms with Gasteiger partial charge < -0.3 is 10.8 Å². The molecule has 0 saturated carbocycles. The maximum absolute atomic E-state index is 9.73. The maximum Gasteiger partial charge on any atom is 0.295 e. The molecule has 0 aliphatic heterocycles. The summed E-state index contributed by atoms with van der Waals surface area (Å²) < 4.78 is -2.42. The van der Waals surface area contributed by atoms with E-state index in [0.717, 1.165) is 0 Å². The van der Waals surface area contributed by atoms with Crippen LogP contribution >= 0.6 is 23.2 Å². The minimum atomic E-state index is -2.42. The van der Waals surface area contributed by atoms with Gasteiger partial charge in [0.15, 0.2) is 0 Å². The van der Waals surface area contributed by atoms with Crippen LogP contribution in [0.2, 0.25) is 0 Å². The highest BCUT2D eigenvalue weighted by Gasteiger charge is 2.26. The van der Waals surface area contributed by atoms with Crippen molar-refractivity contribution in [3.05, 3.63) is 0 Å². The molecule has 0 aromatic heterocycles. The van der Waals surface area contributed by atoms with Crippen molar-refractivity contribution in [2.45, 2.75) is 4.52 Å². The quantitative estimate of drug-likeness (QED) is 0.491. The Hall–Kier alpha value is 0.01000. The molecular weight excluding hydrogens is 141 g/mol. The van der Waals surface area contributed by atoms with E-state index in [1.165, 1.54) is 0 Å². The number of carbonyl (C=O) groups is 1. The Morgan fingerprint density at radius 3 is 1.86 bits per heavy atom. The van der Waals surface area contributed by atoms with E-state index >= 15 is 0 Å². The lowest BCUT2D eigenvalue weighted by molar-refractivity contribution is -0.124. The summed E-state index contributed by atoms with van der Waals surface area (Å²) in [5.41, 5.74) is 4.42. The zero-order valence-corrected chi connectivity index (χ0v) is 4.70. The molecular formula is C2H3Cl2NO2. The molecule has 7 heavy (non-hydrogen) atoms. The van der Waals surface area contributed by atoms with Crippen LogP contribution in [0, 0.1) is 0 Å². The van der Waals surface area contributed by atoms with Crippen molar-refractivity contribution < 1.29 is 9.90 Å². The first-order valence-corrected chi connectivity index (χ1v) is 2.10. The van der Waals surface area contributed by atoms with Crippen molar-refractivity contribution in [3.63, 3.8) is 0 Å². The SMILES string of the molecule is NC(=O)C(O)(Cl)Cl. The summed E-state index contributed by atoms with van der Waals surface area (Å²) in [6, 6.07) is 0. The monoisotopic (exact) mass is 143 g/mol. The van der Waals surface area contributed by atoms with E-state index in [2.05, 4.69) is 5.73 Å². The van der Waals surface area contributed by atoms with Gasteiger partial charge in [-0.2, -0.15) is 0 Å². The summed E-state index contributed by atoms with van der Waals surface area (Å²) in [6.45, 7) is 0. The second-order valence-corrected chi connectivity index (χ2v) is 2.19. The molecule has 3 N–H and O–H groups in total. The number of hydrogen-bond acceptors (Lipinski definition) is 2. The minimum Gasteiger partial charge on any atom is -0.365 e. The van der Waals surface area contributed by atoms with Crippen molar-refractivity contribution in [2.75, 3.05) is 0 Å². The van der Waals surface area contributed by atoms with Crippen molar-refractivity contribution in [2.24, 2.45) is 5.73 Å². The fourth-order valence-electron chi connectivity index (χ4n) is 0. The highest BCUT2D eigenvalue weighted by atomic mass is 35.5. The molecule has 0 atom stereocenters. The van der Waals surface area contributed by atoms with Crippen molar-refractivity contribution in [1.82, 2.24) is 0 Å². The standard InChI is InChI=1S/C2H3Cl2NO2/c3-2(4,7)1(5)6/h7H,(H2,5,6). The van der Waals surface area contributed by atoms with Crippen LogP contribution < -0.4 is 5.73 Å². The third-order valence-corrected chi connectivity index (χ3v) is 0.669. The van der Waals surface area contributed by atoms with E-state index in [9.17, 15) is 4.79 Å². The lowest BCUT2D eigenvalue weighted by atomic mass is 10.7. The molecule has 1 amide bonds. The van der Waals surface area contributed by atoms with Crippen LogP contribution in [0.25, 0.3) is 0 Å². The summed E-state index contributed by atoms with van der Waals surface area (Å²) in [6.07, 6.45) is 0. The van der Waals surface area contributed by atoms with Gasteiger partial charge in [0.1, 0.15) is 0 Å². The zero-order valence-electron chi connectivity index (χ0n) is 3.19. The lowest BCUT2D eigenvalue weighted by Gasteiger charge is -2.02. The van der Waals surface area contributed by atoms with E-state index in [1.54, 1.807) is 0 Å². The number of amides is 1. The van der Waals surface area contributed by atoms with E-state index in [1.807, 2.05) is 0 Å². The summed E-state index contributed by atoms with van der Waals surface area (Å²) in [4.78, 5) is 9.73. The number of halogens is 2. The number of hydrogen-bond donors (Lipinski definition) is 2. The van der Waals surface area contributed by atoms with Gasteiger partial charge in [-0.1, -0.05) is 23.2 Å². The average molecular weight is 144 g/mol. The Morgan fingerprint density at radius 1 is 1.71 bits per heavy atom. The highest BCUT2D eigenvalue weighted by molar-refractivity contribution is 6.56. The van der Waals surface area contributed by atoms with Gasteiger partial charge in [-0.05, 0) is 0 Å². The fourth-order valence-corrected chi connectivity index (χ4v) is 0. The molecule has 0 spiro atoms. The largest absolute Gasteiger partial charge is 0.365 e. The second kappa shape index (κ2) is 1.86. The van der Waals surface area contributed by atoms with Crippen LogP contribution in [-0.4, -0.2) is 15.5 Å². The molecule has 0 rings (SSSR count). The van der Waals surface area contributed by atoms with E-state index in [-0.39, 0.29) is 0 Å². The second-order valence-electron chi connectivity index (χ2n) is 0.905. The van der Waals surface area contributed by atoms with Gasteiger partial charge >= 0.3 is 0 Å². The molecule has 0 aromatic carbocycles. The number of nitrogens with two attached hydrogens (primary N) is 1. The van der Waals surface area contributed by atoms with E-state index in [0.29, 0.717) is 0 Å². The van der Waals surface area contributed by atoms with Crippen LogP contribution in [0.3, 0.4) is 0 Å². The molecule has 0 aliphatic rings. The molecule has 0 heterocycles. The molecule has 0 saturated heterocycles. The topological polar surface area (TPSA) is 63.3 Å². The maximum atomic E-state index is 9.73. The average Bonchev–Trinajstić information content (AvgIpc) is 1.31. The van der Waals surface area contributed by atoms with Gasteiger partial charge in [-0.15, -0.1) is 0 Å². The Kier molecular flexibility index (Phi) is 1.86. The third-order valence-electron chi connectivity index (χ3n) is 0.296. The van der Waals surface area contributed by atoms with Crippen LogP contribution in [0.5, 0.6) is 0 Å².